The molecule has 2 saturated carbocycles. The second kappa shape index (κ2) is 5.28. The molecule has 120 valence electrons. The Morgan fingerprint density at radius 2 is 1.67 bits per heavy atom. The number of rotatable bonds is 1. The summed E-state index contributed by atoms with van der Waals surface area (Å²) in [6.07, 6.45) is 8.82. The van der Waals surface area contributed by atoms with Crippen LogP contribution in [0.1, 0.15) is 72.6 Å². The van der Waals surface area contributed by atoms with Crippen LogP contribution in [-0.2, 0) is 4.79 Å². The molecule has 2 nitrogen and oxygen atoms in total. The third-order valence-electron chi connectivity index (χ3n) is 6.32. The van der Waals surface area contributed by atoms with Gasteiger partial charge < -0.3 is 4.90 Å². The van der Waals surface area contributed by atoms with Crippen molar-refractivity contribution in [1.82, 2.24) is 4.90 Å². The van der Waals surface area contributed by atoms with Crippen molar-refractivity contribution in [3.63, 3.8) is 0 Å². The van der Waals surface area contributed by atoms with E-state index in [9.17, 15) is 4.79 Å². The fourth-order valence-corrected chi connectivity index (χ4v) is 5.74. The summed E-state index contributed by atoms with van der Waals surface area (Å²) in [7, 11) is 0. The molecule has 2 atom stereocenters. The van der Waals surface area contributed by atoms with Gasteiger partial charge >= 0.3 is 0 Å². The van der Waals surface area contributed by atoms with Crippen LogP contribution in [0.5, 0.6) is 0 Å². The summed E-state index contributed by atoms with van der Waals surface area (Å²) in [6.45, 7) is 11.2. The molecule has 1 amide bonds. The molecule has 3 fully saturated rings. The minimum Gasteiger partial charge on any atom is -0.342 e. The Morgan fingerprint density at radius 3 is 2.24 bits per heavy atom. The van der Waals surface area contributed by atoms with E-state index in [0.29, 0.717) is 11.3 Å². The van der Waals surface area contributed by atoms with Crippen molar-refractivity contribution < 1.29 is 4.79 Å². The molecule has 2 unspecified atom stereocenters. The van der Waals surface area contributed by atoms with E-state index in [2.05, 4.69) is 32.6 Å². The van der Waals surface area contributed by atoms with Crippen molar-refractivity contribution in [2.75, 3.05) is 13.1 Å². The molecule has 0 aromatic carbocycles. The average Bonchev–Trinajstić information content (AvgIpc) is 2.34. The van der Waals surface area contributed by atoms with Crippen LogP contribution in [0.25, 0.3) is 0 Å². The zero-order valence-corrected chi connectivity index (χ0v) is 14.5. The first-order valence-corrected chi connectivity index (χ1v) is 9.07. The maximum Gasteiger partial charge on any atom is 0.228 e. The first-order valence-electron chi connectivity index (χ1n) is 9.07. The molecule has 2 aliphatic carbocycles. The van der Waals surface area contributed by atoms with Gasteiger partial charge in [-0.2, -0.15) is 0 Å². The van der Waals surface area contributed by atoms with E-state index in [0.717, 1.165) is 43.7 Å². The van der Waals surface area contributed by atoms with Gasteiger partial charge in [0.1, 0.15) is 0 Å². The minimum atomic E-state index is -0.0683. The molecule has 0 aromatic heterocycles. The van der Waals surface area contributed by atoms with Crippen LogP contribution in [0.15, 0.2) is 0 Å². The van der Waals surface area contributed by atoms with Gasteiger partial charge in [0, 0.05) is 18.5 Å². The molecule has 0 N–H and O–H groups in total. The van der Waals surface area contributed by atoms with Gasteiger partial charge in [-0.3, -0.25) is 4.79 Å². The smallest absolute Gasteiger partial charge is 0.228 e. The van der Waals surface area contributed by atoms with Gasteiger partial charge in [0.2, 0.25) is 5.91 Å². The van der Waals surface area contributed by atoms with E-state index in [1.807, 2.05) is 0 Å². The molecule has 1 aliphatic heterocycles. The van der Waals surface area contributed by atoms with E-state index >= 15 is 0 Å². The number of nitrogens with zero attached hydrogens (tertiary/aromatic N) is 1. The third kappa shape index (κ3) is 3.14. The van der Waals surface area contributed by atoms with Gasteiger partial charge in [0.05, 0.1) is 0 Å². The molecule has 1 heterocycles. The number of carbonyl (C=O) groups is 1. The fourth-order valence-electron chi connectivity index (χ4n) is 5.74. The normalized spacial score (nSPS) is 42.7. The van der Waals surface area contributed by atoms with E-state index in [-0.39, 0.29) is 5.41 Å². The topological polar surface area (TPSA) is 20.3 Å². The highest BCUT2D eigenvalue weighted by atomic mass is 16.2. The summed E-state index contributed by atoms with van der Waals surface area (Å²) in [6, 6.07) is 0. The van der Waals surface area contributed by atoms with Crippen molar-refractivity contribution in [1.29, 1.82) is 0 Å². The second-order valence-electron chi connectivity index (χ2n) is 9.51. The van der Waals surface area contributed by atoms with Gasteiger partial charge in [-0.1, -0.05) is 27.7 Å². The maximum absolute atomic E-state index is 13.2. The standard InChI is InChI=1S/C19H33NO/c1-14-8-15-10-16(9-14)12-19(4,11-15)17(21)20-7-5-6-18(2,3)13-20/h14-16H,5-13H2,1-4H3. The van der Waals surface area contributed by atoms with Crippen LogP contribution in [0.4, 0.5) is 0 Å². The number of piperidine rings is 1. The summed E-state index contributed by atoms with van der Waals surface area (Å²) in [5, 5.41) is 0. The first-order chi connectivity index (χ1) is 9.77. The highest BCUT2D eigenvalue weighted by molar-refractivity contribution is 5.82. The van der Waals surface area contributed by atoms with Crippen molar-refractivity contribution in [2.45, 2.75) is 72.6 Å². The number of fused-ring (bicyclic) bond motifs is 2. The lowest BCUT2D eigenvalue weighted by Crippen LogP contribution is -2.52. The van der Waals surface area contributed by atoms with Crippen molar-refractivity contribution in [3.8, 4) is 0 Å². The summed E-state index contributed by atoms with van der Waals surface area (Å²) >= 11 is 0. The molecule has 2 bridgehead atoms. The first kappa shape index (κ1) is 15.4. The van der Waals surface area contributed by atoms with Crippen LogP contribution < -0.4 is 0 Å². The van der Waals surface area contributed by atoms with Gasteiger partial charge in [0.25, 0.3) is 0 Å². The molecule has 0 aromatic rings. The highest BCUT2D eigenvalue weighted by Crippen LogP contribution is 2.51. The zero-order valence-electron chi connectivity index (χ0n) is 14.5. The molecule has 3 aliphatic rings. The Hall–Kier alpha value is -0.530. The molecule has 0 spiro atoms. The Bertz CT molecular complexity index is 396. The van der Waals surface area contributed by atoms with Gasteiger partial charge in [0.15, 0.2) is 0 Å². The monoisotopic (exact) mass is 291 g/mol. The lowest BCUT2D eigenvalue weighted by atomic mass is 9.59. The lowest BCUT2D eigenvalue weighted by molar-refractivity contribution is -0.149. The number of hydrogen-bond acceptors (Lipinski definition) is 1. The Balaban J connectivity index is 1.72. The summed E-state index contributed by atoms with van der Waals surface area (Å²) in [4.78, 5) is 15.4. The highest BCUT2D eigenvalue weighted by Gasteiger charge is 2.47. The van der Waals surface area contributed by atoms with E-state index in [4.69, 9.17) is 0 Å². The van der Waals surface area contributed by atoms with Crippen LogP contribution >= 0.6 is 0 Å². The van der Waals surface area contributed by atoms with Crippen molar-refractivity contribution in [2.24, 2.45) is 28.6 Å². The van der Waals surface area contributed by atoms with E-state index in [1.165, 1.54) is 32.1 Å². The molecule has 1 saturated heterocycles. The Morgan fingerprint density at radius 1 is 1.05 bits per heavy atom. The molecular weight excluding hydrogens is 258 g/mol. The molecule has 0 radical (unpaired) electrons. The second-order valence-corrected chi connectivity index (χ2v) is 9.51. The minimum absolute atomic E-state index is 0.0683. The predicted molar refractivity (Wildman–Crippen MR) is 86.9 cm³/mol. The molecule has 3 rings (SSSR count). The van der Waals surface area contributed by atoms with Gasteiger partial charge in [-0.25, -0.2) is 0 Å². The summed E-state index contributed by atoms with van der Waals surface area (Å²) in [5.41, 5.74) is 0.241. The number of carbonyl (C=O) groups excluding carboxylic acids is 1. The SMILES string of the molecule is CC1CC2CC(C1)CC(C)(C(=O)N1CCCC(C)(C)C1)C2. The largest absolute Gasteiger partial charge is 0.342 e. The maximum atomic E-state index is 13.2. The zero-order chi connectivity index (χ0) is 15.3. The lowest BCUT2D eigenvalue weighted by Gasteiger charge is -2.49. The van der Waals surface area contributed by atoms with E-state index < -0.39 is 0 Å². The van der Waals surface area contributed by atoms with Crippen molar-refractivity contribution in [3.05, 3.63) is 0 Å². The van der Waals surface area contributed by atoms with Crippen LogP contribution in [0.3, 0.4) is 0 Å². The Kier molecular flexibility index (Phi) is 3.86. The van der Waals surface area contributed by atoms with Gasteiger partial charge in [-0.15, -0.1) is 0 Å². The van der Waals surface area contributed by atoms with Crippen LogP contribution in [-0.4, -0.2) is 23.9 Å². The van der Waals surface area contributed by atoms with Gasteiger partial charge in [-0.05, 0) is 68.1 Å². The third-order valence-corrected chi connectivity index (χ3v) is 6.32. The van der Waals surface area contributed by atoms with E-state index in [1.54, 1.807) is 0 Å². The van der Waals surface area contributed by atoms with Crippen LogP contribution in [0.2, 0.25) is 0 Å². The molecular formula is C19H33NO. The van der Waals surface area contributed by atoms with Crippen molar-refractivity contribution >= 4 is 5.91 Å². The predicted octanol–water partition coefficient (Wildman–Crippen LogP) is 4.49. The summed E-state index contributed by atoms with van der Waals surface area (Å²) < 4.78 is 0. The molecule has 21 heavy (non-hydrogen) atoms. The quantitative estimate of drug-likeness (QED) is 0.697. The fraction of sp³-hybridized carbons (Fsp3) is 0.947. The number of hydrogen-bond donors (Lipinski definition) is 0. The van der Waals surface area contributed by atoms with Crippen LogP contribution in [0, 0.1) is 28.6 Å². The summed E-state index contributed by atoms with van der Waals surface area (Å²) in [5.74, 6) is 2.96. The Labute approximate surface area is 130 Å². The number of amides is 1. The molecule has 2 heteroatoms. The number of likely N-dealkylation sites (tertiary alicyclic amines) is 1. The average molecular weight is 291 g/mol.